The highest BCUT2D eigenvalue weighted by Gasteiger charge is 2.20. The number of nitrogens with zero attached hydrogens (tertiary/aromatic N) is 2. The minimum atomic E-state index is -1.04. The zero-order chi connectivity index (χ0) is 13.8. The van der Waals surface area contributed by atoms with Gasteiger partial charge >= 0.3 is 5.97 Å². The highest BCUT2D eigenvalue weighted by atomic mass is 16.5. The monoisotopic (exact) mass is 260 g/mol. The van der Waals surface area contributed by atoms with Crippen molar-refractivity contribution in [3.63, 3.8) is 0 Å². The maximum Gasteiger partial charge on any atom is 0.335 e. The Balaban J connectivity index is 2.04. The van der Waals surface area contributed by atoms with Crippen molar-refractivity contribution in [2.75, 3.05) is 26.7 Å². The molecule has 0 amide bonds. The molecule has 19 heavy (non-hydrogen) atoms. The standard InChI is InChI=1S/C14H16N2O3/c1-16-5-4-10(8-16)9-19-13-3-2-11(14(17)18)6-12(13)7-15/h2-3,6,10H,4-5,8-9H2,1H3,(H,17,18). The summed E-state index contributed by atoms with van der Waals surface area (Å²) in [5.41, 5.74) is 0.371. The average Bonchev–Trinajstić information content (AvgIpc) is 2.81. The maximum atomic E-state index is 10.8. The van der Waals surface area contributed by atoms with Crippen LogP contribution in [0.5, 0.6) is 5.75 Å². The average molecular weight is 260 g/mol. The first-order chi connectivity index (χ1) is 9.10. The normalized spacial score (nSPS) is 19.1. The second kappa shape index (κ2) is 5.72. The highest BCUT2D eigenvalue weighted by molar-refractivity contribution is 5.88. The van der Waals surface area contributed by atoms with Gasteiger partial charge in [-0.2, -0.15) is 5.26 Å². The highest BCUT2D eigenvalue weighted by Crippen LogP contribution is 2.22. The molecule has 1 heterocycles. The lowest BCUT2D eigenvalue weighted by Crippen LogP contribution is -2.18. The van der Waals surface area contributed by atoms with Crippen LogP contribution in [0, 0.1) is 17.2 Å². The minimum absolute atomic E-state index is 0.101. The summed E-state index contributed by atoms with van der Waals surface area (Å²) in [6, 6.07) is 6.34. The van der Waals surface area contributed by atoms with E-state index >= 15 is 0 Å². The largest absolute Gasteiger partial charge is 0.492 e. The third-order valence-electron chi connectivity index (χ3n) is 3.31. The lowest BCUT2D eigenvalue weighted by atomic mass is 10.1. The van der Waals surface area contributed by atoms with Crippen molar-refractivity contribution in [3.05, 3.63) is 29.3 Å². The Labute approximate surface area is 112 Å². The molecule has 1 aliphatic rings. The molecule has 1 aromatic rings. The zero-order valence-corrected chi connectivity index (χ0v) is 10.8. The zero-order valence-electron chi connectivity index (χ0n) is 10.8. The first-order valence-corrected chi connectivity index (χ1v) is 6.19. The van der Waals surface area contributed by atoms with Gasteiger partial charge in [0.15, 0.2) is 0 Å². The third-order valence-corrected chi connectivity index (χ3v) is 3.31. The number of benzene rings is 1. The summed E-state index contributed by atoms with van der Waals surface area (Å²) < 4.78 is 5.65. The van der Waals surface area contributed by atoms with Crippen LogP contribution in [0.3, 0.4) is 0 Å². The number of nitriles is 1. The number of carboxylic acid groups (broad SMARTS) is 1. The van der Waals surface area contributed by atoms with Crippen molar-refractivity contribution in [2.45, 2.75) is 6.42 Å². The quantitative estimate of drug-likeness (QED) is 0.889. The van der Waals surface area contributed by atoms with E-state index < -0.39 is 5.97 Å². The molecule has 1 aliphatic heterocycles. The van der Waals surface area contributed by atoms with Crippen molar-refractivity contribution in [3.8, 4) is 11.8 Å². The number of carbonyl (C=O) groups is 1. The Morgan fingerprint density at radius 3 is 3.00 bits per heavy atom. The number of ether oxygens (including phenoxy) is 1. The molecule has 5 nitrogen and oxygen atoms in total. The van der Waals surface area contributed by atoms with Crippen LogP contribution in [-0.4, -0.2) is 42.7 Å². The van der Waals surface area contributed by atoms with Gasteiger partial charge in [-0.05, 0) is 38.2 Å². The van der Waals surface area contributed by atoms with Crippen LogP contribution in [0.1, 0.15) is 22.3 Å². The van der Waals surface area contributed by atoms with Gasteiger partial charge in [0.25, 0.3) is 0 Å². The molecule has 5 heteroatoms. The molecule has 0 radical (unpaired) electrons. The topological polar surface area (TPSA) is 73.6 Å². The summed E-state index contributed by atoms with van der Waals surface area (Å²) in [5, 5.41) is 17.9. The lowest BCUT2D eigenvalue weighted by molar-refractivity contribution is 0.0697. The Morgan fingerprint density at radius 1 is 1.63 bits per heavy atom. The molecule has 0 bridgehead atoms. The van der Waals surface area contributed by atoms with Gasteiger partial charge in [-0.3, -0.25) is 0 Å². The number of likely N-dealkylation sites (tertiary alicyclic amines) is 1. The first-order valence-electron chi connectivity index (χ1n) is 6.19. The number of carboxylic acids is 1. The van der Waals surface area contributed by atoms with Crippen LogP contribution in [0.4, 0.5) is 0 Å². The molecule has 1 aromatic carbocycles. The van der Waals surface area contributed by atoms with Crippen molar-refractivity contribution in [2.24, 2.45) is 5.92 Å². The molecule has 1 fully saturated rings. The fourth-order valence-electron chi connectivity index (χ4n) is 2.25. The van der Waals surface area contributed by atoms with Gasteiger partial charge in [0.05, 0.1) is 17.7 Å². The van der Waals surface area contributed by atoms with Gasteiger partial charge in [0, 0.05) is 12.5 Å². The lowest BCUT2D eigenvalue weighted by Gasteiger charge is -2.13. The van der Waals surface area contributed by atoms with Crippen molar-refractivity contribution >= 4 is 5.97 Å². The molecule has 0 aromatic heterocycles. The SMILES string of the molecule is CN1CCC(COc2ccc(C(=O)O)cc2C#N)C1. The van der Waals surface area contributed by atoms with Gasteiger partial charge in [0.2, 0.25) is 0 Å². The van der Waals surface area contributed by atoms with Gasteiger partial charge in [-0.15, -0.1) is 0 Å². The van der Waals surface area contributed by atoms with E-state index in [1.807, 2.05) is 6.07 Å². The fraction of sp³-hybridized carbons (Fsp3) is 0.429. The second-order valence-corrected chi connectivity index (χ2v) is 4.86. The predicted molar refractivity (Wildman–Crippen MR) is 69.2 cm³/mol. The Bertz CT molecular complexity index is 522. The minimum Gasteiger partial charge on any atom is -0.492 e. The molecular weight excluding hydrogens is 244 g/mol. The van der Waals surface area contributed by atoms with E-state index in [1.54, 1.807) is 6.07 Å². The molecule has 1 saturated heterocycles. The van der Waals surface area contributed by atoms with Gasteiger partial charge < -0.3 is 14.7 Å². The molecule has 1 N–H and O–H groups in total. The van der Waals surface area contributed by atoms with E-state index in [1.165, 1.54) is 12.1 Å². The smallest absolute Gasteiger partial charge is 0.335 e. The summed E-state index contributed by atoms with van der Waals surface area (Å²) in [5.74, 6) is -0.113. The molecule has 100 valence electrons. The fourth-order valence-corrected chi connectivity index (χ4v) is 2.25. The maximum absolute atomic E-state index is 10.8. The van der Waals surface area contributed by atoms with Crippen LogP contribution in [0.15, 0.2) is 18.2 Å². The second-order valence-electron chi connectivity index (χ2n) is 4.86. The molecule has 0 saturated carbocycles. The van der Waals surface area contributed by atoms with E-state index in [0.717, 1.165) is 19.5 Å². The van der Waals surface area contributed by atoms with E-state index in [-0.39, 0.29) is 11.1 Å². The summed E-state index contributed by atoms with van der Waals surface area (Å²) in [4.78, 5) is 13.1. The third kappa shape index (κ3) is 3.24. The Morgan fingerprint density at radius 2 is 2.42 bits per heavy atom. The van der Waals surface area contributed by atoms with E-state index in [4.69, 9.17) is 15.1 Å². The van der Waals surface area contributed by atoms with Crippen LogP contribution in [-0.2, 0) is 0 Å². The number of hydrogen-bond acceptors (Lipinski definition) is 4. The van der Waals surface area contributed by atoms with Crippen molar-refractivity contribution in [1.82, 2.24) is 4.90 Å². The van der Waals surface area contributed by atoms with Gasteiger partial charge in [-0.1, -0.05) is 0 Å². The molecule has 0 spiro atoms. The molecule has 2 rings (SSSR count). The summed E-state index contributed by atoms with van der Waals surface area (Å²) in [6.45, 7) is 2.62. The van der Waals surface area contributed by atoms with Crippen LogP contribution in [0.25, 0.3) is 0 Å². The summed E-state index contributed by atoms with van der Waals surface area (Å²) >= 11 is 0. The Hall–Kier alpha value is -2.06. The summed E-state index contributed by atoms with van der Waals surface area (Å²) in [7, 11) is 2.07. The molecule has 1 atom stereocenters. The van der Waals surface area contributed by atoms with Crippen LogP contribution in [0.2, 0.25) is 0 Å². The van der Waals surface area contributed by atoms with Crippen molar-refractivity contribution < 1.29 is 14.6 Å². The molecule has 1 unspecified atom stereocenters. The van der Waals surface area contributed by atoms with E-state index in [2.05, 4.69) is 11.9 Å². The first kappa shape index (κ1) is 13.4. The summed E-state index contributed by atoms with van der Waals surface area (Å²) in [6.07, 6.45) is 1.09. The van der Waals surface area contributed by atoms with Crippen LogP contribution < -0.4 is 4.74 Å². The van der Waals surface area contributed by atoms with Gasteiger partial charge in [0.1, 0.15) is 11.8 Å². The van der Waals surface area contributed by atoms with Crippen molar-refractivity contribution in [1.29, 1.82) is 5.26 Å². The number of hydrogen-bond donors (Lipinski definition) is 1. The predicted octanol–water partition coefficient (Wildman–Crippen LogP) is 1.59. The molecule has 0 aliphatic carbocycles. The molecular formula is C14H16N2O3. The van der Waals surface area contributed by atoms with E-state index in [9.17, 15) is 4.79 Å². The van der Waals surface area contributed by atoms with Crippen LogP contribution >= 0.6 is 0 Å². The number of aromatic carboxylic acids is 1. The Kier molecular flexibility index (Phi) is 4.03. The van der Waals surface area contributed by atoms with Gasteiger partial charge in [-0.25, -0.2) is 4.79 Å². The van der Waals surface area contributed by atoms with E-state index in [0.29, 0.717) is 18.3 Å². The number of rotatable bonds is 4.